The van der Waals surface area contributed by atoms with E-state index in [1.54, 1.807) is 6.20 Å². The number of fused-ring (bicyclic) bond motifs is 1. The van der Waals surface area contributed by atoms with E-state index in [0.29, 0.717) is 17.4 Å². The smallest absolute Gasteiger partial charge is 0.140 e. The Labute approximate surface area is 230 Å². The molecule has 2 aromatic carbocycles. The van der Waals surface area contributed by atoms with E-state index in [2.05, 4.69) is 51.3 Å². The molecule has 3 heterocycles. The van der Waals surface area contributed by atoms with Crippen LogP contribution in [0.4, 0.5) is 0 Å². The number of hydrogen-bond donors (Lipinski definition) is 1. The van der Waals surface area contributed by atoms with E-state index in [1.807, 2.05) is 52.0 Å². The molecule has 1 aliphatic rings. The fourth-order valence-electron chi connectivity index (χ4n) is 5.60. The Morgan fingerprint density at radius 1 is 1.05 bits per heavy atom. The Kier molecular flexibility index (Phi) is 7.53. The van der Waals surface area contributed by atoms with Crippen LogP contribution < -0.4 is 9.47 Å². The summed E-state index contributed by atoms with van der Waals surface area (Å²) in [4.78, 5) is 2.47. The molecule has 0 amide bonds. The molecule has 0 unspecified atom stereocenters. The summed E-state index contributed by atoms with van der Waals surface area (Å²) in [6.07, 6.45) is 3.61. The predicted molar refractivity (Wildman–Crippen MR) is 152 cm³/mol. The third-order valence-electron chi connectivity index (χ3n) is 7.69. The minimum absolute atomic E-state index is 0.118. The van der Waals surface area contributed by atoms with Gasteiger partial charge in [-0.25, -0.2) is 0 Å². The van der Waals surface area contributed by atoms with Crippen LogP contribution in [-0.4, -0.2) is 50.5 Å². The van der Waals surface area contributed by atoms with Gasteiger partial charge in [0.1, 0.15) is 35.5 Å². The van der Waals surface area contributed by atoms with Crippen LogP contribution >= 0.6 is 0 Å². The minimum atomic E-state index is -0.190. The summed E-state index contributed by atoms with van der Waals surface area (Å²) in [5.41, 5.74) is 6.96. The van der Waals surface area contributed by atoms with Crippen LogP contribution in [0.15, 0.2) is 36.5 Å². The first-order chi connectivity index (χ1) is 18.7. The van der Waals surface area contributed by atoms with Gasteiger partial charge in [-0.3, -0.25) is 5.10 Å². The number of nitrogens with one attached hydrogen (secondary N) is 1. The average Bonchev–Trinajstić information content (AvgIpc) is 3.33. The fourth-order valence-corrected chi connectivity index (χ4v) is 5.60. The van der Waals surface area contributed by atoms with Gasteiger partial charge in [0, 0.05) is 35.6 Å². The molecule has 8 heteroatoms. The highest BCUT2D eigenvalue weighted by Crippen LogP contribution is 2.36. The molecule has 202 valence electrons. The van der Waals surface area contributed by atoms with Crippen LogP contribution in [0.3, 0.4) is 0 Å². The van der Waals surface area contributed by atoms with E-state index >= 15 is 0 Å². The summed E-state index contributed by atoms with van der Waals surface area (Å²) in [5, 5.41) is 26.9. The lowest BCUT2D eigenvalue weighted by Crippen LogP contribution is -2.41. The van der Waals surface area contributed by atoms with Crippen molar-refractivity contribution in [2.24, 2.45) is 0 Å². The highest BCUT2D eigenvalue weighted by molar-refractivity contribution is 5.94. The summed E-state index contributed by atoms with van der Waals surface area (Å²) in [6, 6.07) is 12.7. The maximum Gasteiger partial charge on any atom is 0.140 e. The topological polar surface area (TPSA) is 99.9 Å². The summed E-state index contributed by atoms with van der Waals surface area (Å²) in [5.74, 6) is 1.41. The largest absolute Gasteiger partial charge is 0.489 e. The molecule has 1 aliphatic heterocycles. The zero-order chi connectivity index (χ0) is 27.7. The molecular weight excluding hydrogens is 488 g/mol. The van der Waals surface area contributed by atoms with E-state index in [-0.39, 0.29) is 12.2 Å². The van der Waals surface area contributed by atoms with Crippen LogP contribution in [0.5, 0.6) is 11.5 Å². The lowest BCUT2D eigenvalue weighted by Gasteiger charge is -2.35. The van der Waals surface area contributed by atoms with E-state index in [4.69, 9.17) is 9.47 Å². The Bertz CT molecular complexity index is 1510. The van der Waals surface area contributed by atoms with E-state index in [0.717, 1.165) is 76.2 Å². The van der Waals surface area contributed by atoms with Gasteiger partial charge in [-0.1, -0.05) is 0 Å². The molecule has 1 atom stereocenters. The molecule has 1 fully saturated rings. The lowest BCUT2D eigenvalue weighted by atomic mass is 10.0. The molecular formula is C31H36N6O2. The molecule has 4 aromatic rings. The fraction of sp³-hybridized carbons (Fsp3) is 0.419. The molecule has 39 heavy (non-hydrogen) atoms. The normalized spacial score (nSPS) is 15.4. The minimum Gasteiger partial charge on any atom is -0.489 e. The third kappa shape index (κ3) is 5.45. The van der Waals surface area contributed by atoms with Crippen molar-refractivity contribution in [3.8, 4) is 28.8 Å². The van der Waals surface area contributed by atoms with Crippen LogP contribution in [0, 0.1) is 32.1 Å². The van der Waals surface area contributed by atoms with Crippen LogP contribution in [0.25, 0.3) is 22.2 Å². The van der Waals surface area contributed by atoms with Crippen molar-refractivity contribution >= 4 is 10.9 Å². The van der Waals surface area contributed by atoms with Crippen molar-refractivity contribution in [2.75, 3.05) is 13.1 Å². The standard InChI is InChI=1S/C31H36N6O2/c1-18(2)37-11-9-25(10-12-37)39-31-19(3)13-23(14-24(31)16-32)30-27-15-26(7-8-28(27)35-36-30)38-22(6)29-20(4)17-33-34-21(29)5/h7-8,13-15,17-18,22,25H,9-12H2,1-6H3,(H,35,36)/t22-/m1/s1. The summed E-state index contributed by atoms with van der Waals surface area (Å²) < 4.78 is 12.8. The van der Waals surface area contributed by atoms with Gasteiger partial charge in [-0.15, -0.1) is 0 Å². The lowest BCUT2D eigenvalue weighted by molar-refractivity contribution is 0.0836. The van der Waals surface area contributed by atoms with E-state index < -0.39 is 0 Å². The maximum atomic E-state index is 10.0. The van der Waals surface area contributed by atoms with Crippen molar-refractivity contribution in [1.29, 1.82) is 5.26 Å². The molecule has 0 bridgehead atoms. The highest BCUT2D eigenvalue weighted by atomic mass is 16.5. The maximum absolute atomic E-state index is 10.0. The van der Waals surface area contributed by atoms with E-state index in [9.17, 15) is 5.26 Å². The van der Waals surface area contributed by atoms with Crippen molar-refractivity contribution < 1.29 is 9.47 Å². The SMILES string of the molecule is Cc1cc(-c2n[nH]c3ccc(O[C@H](C)c4c(C)cnnc4C)cc23)cc(C#N)c1OC1CCN(C(C)C)CC1. The quantitative estimate of drug-likeness (QED) is 0.307. The Morgan fingerprint density at radius 2 is 1.82 bits per heavy atom. The van der Waals surface area contributed by atoms with Crippen molar-refractivity contribution in [2.45, 2.75) is 72.6 Å². The number of piperidine rings is 1. The van der Waals surface area contributed by atoms with Crippen LogP contribution in [0.1, 0.15) is 67.7 Å². The van der Waals surface area contributed by atoms with Gasteiger partial charge in [0.05, 0.1) is 23.0 Å². The number of aryl methyl sites for hydroxylation is 3. The third-order valence-corrected chi connectivity index (χ3v) is 7.69. The number of benzene rings is 2. The molecule has 5 rings (SSSR count). The zero-order valence-electron chi connectivity index (χ0n) is 23.6. The monoisotopic (exact) mass is 524 g/mol. The number of ether oxygens (including phenoxy) is 2. The molecule has 0 spiro atoms. The summed E-state index contributed by atoms with van der Waals surface area (Å²) in [7, 11) is 0. The summed E-state index contributed by atoms with van der Waals surface area (Å²) >= 11 is 0. The van der Waals surface area contributed by atoms with E-state index in [1.165, 1.54) is 0 Å². The predicted octanol–water partition coefficient (Wildman–Crippen LogP) is 6.21. The first kappa shape index (κ1) is 26.6. The molecule has 1 saturated heterocycles. The molecule has 0 aliphatic carbocycles. The number of hydrogen-bond acceptors (Lipinski definition) is 7. The first-order valence-electron chi connectivity index (χ1n) is 13.6. The van der Waals surface area contributed by atoms with Crippen LogP contribution in [0.2, 0.25) is 0 Å². The second-order valence-electron chi connectivity index (χ2n) is 10.8. The second kappa shape index (κ2) is 11.0. The molecule has 8 nitrogen and oxygen atoms in total. The number of rotatable bonds is 7. The van der Waals surface area contributed by atoms with Crippen molar-refractivity contribution in [1.82, 2.24) is 25.3 Å². The van der Waals surface area contributed by atoms with Gasteiger partial charge in [-0.05, 0) is 95.8 Å². The van der Waals surface area contributed by atoms with Gasteiger partial charge >= 0.3 is 0 Å². The highest BCUT2D eigenvalue weighted by Gasteiger charge is 2.24. The number of aromatic amines is 1. The Morgan fingerprint density at radius 3 is 2.51 bits per heavy atom. The van der Waals surface area contributed by atoms with Gasteiger partial charge < -0.3 is 14.4 Å². The molecule has 0 radical (unpaired) electrons. The second-order valence-corrected chi connectivity index (χ2v) is 10.8. The molecule has 1 N–H and O–H groups in total. The van der Waals surface area contributed by atoms with Gasteiger partial charge in [0.15, 0.2) is 0 Å². The Hall–Kier alpha value is -3.96. The molecule has 2 aromatic heterocycles. The first-order valence-corrected chi connectivity index (χ1v) is 13.6. The van der Waals surface area contributed by atoms with Crippen molar-refractivity contribution in [3.05, 3.63) is 64.5 Å². The number of nitrogens with zero attached hydrogens (tertiary/aromatic N) is 5. The van der Waals surface area contributed by atoms with Crippen LogP contribution in [-0.2, 0) is 0 Å². The number of aromatic nitrogens is 4. The Balaban J connectivity index is 1.41. The molecule has 0 saturated carbocycles. The number of likely N-dealkylation sites (tertiary alicyclic amines) is 1. The van der Waals surface area contributed by atoms with Gasteiger partial charge in [0.2, 0.25) is 0 Å². The van der Waals surface area contributed by atoms with Gasteiger partial charge in [-0.2, -0.15) is 20.6 Å². The average molecular weight is 525 g/mol. The number of H-pyrrole nitrogens is 1. The number of nitriles is 1. The summed E-state index contributed by atoms with van der Waals surface area (Å²) in [6.45, 7) is 14.5. The van der Waals surface area contributed by atoms with Gasteiger partial charge in [0.25, 0.3) is 0 Å². The zero-order valence-corrected chi connectivity index (χ0v) is 23.6. The van der Waals surface area contributed by atoms with Crippen molar-refractivity contribution in [3.63, 3.8) is 0 Å².